The van der Waals surface area contributed by atoms with E-state index in [-0.39, 0.29) is 33.8 Å². The topological polar surface area (TPSA) is 196 Å². The second-order valence-corrected chi connectivity index (χ2v) is 7.91. The van der Waals surface area contributed by atoms with E-state index < -0.39 is 60.2 Å². The summed E-state index contributed by atoms with van der Waals surface area (Å²) in [5.41, 5.74) is -0.849. The average molecular weight is 490 g/mol. The second-order valence-electron chi connectivity index (χ2n) is 7.91. The highest BCUT2D eigenvalue weighted by atomic mass is 16.7. The minimum absolute atomic E-state index is 0.0777. The van der Waals surface area contributed by atoms with Gasteiger partial charge >= 0.3 is 5.97 Å². The molecule has 1 fully saturated rings. The first kappa shape index (κ1) is 24.3. The molecule has 0 radical (unpaired) electrons. The minimum atomic E-state index is -1.84. The zero-order valence-electron chi connectivity index (χ0n) is 18.2. The van der Waals surface area contributed by atoms with Crippen molar-refractivity contribution in [2.75, 3.05) is 6.61 Å². The van der Waals surface area contributed by atoms with Crippen LogP contribution in [0, 0.1) is 0 Å². The molecule has 1 aliphatic rings. The number of aliphatic hydroxyl groups excluding tert-OH is 3. The molecule has 0 amide bonds. The Morgan fingerprint density at radius 2 is 1.66 bits per heavy atom. The van der Waals surface area contributed by atoms with Gasteiger partial charge in [0.1, 0.15) is 59.2 Å². The molecule has 4 rings (SSSR count). The molecule has 0 unspecified atom stereocenters. The first-order chi connectivity index (χ1) is 16.6. The number of aliphatic hydroxyl groups is 3. The van der Waals surface area contributed by atoms with E-state index >= 15 is 0 Å². The molecule has 0 bridgehead atoms. The van der Waals surface area contributed by atoms with Gasteiger partial charge in [-0.3, -0.25) is 9.59 Å². The Balaban J connectivity index is 1.81. The van der Waals surface area contributed by atoms with Crippen molar-refractivity contribution in [3.05, 3.63) is 46.6 Å². The third-order valence-corrected chi connectivity index (χ3v) is 5.40. The van der Waals surface area contributed by atoms with Crippen LogP contribution in [0.15, 0.2) is 45.6 Å². The average Bonchev–Trinajstić information content (AvgIpc) is 2.80. The van der Waals surface area contributed by atoms with Crippen LogP contribution < -0.4 is 10.2 Å². The fourth-order valence-corrected chi connectivity index (χ4v) is 3.65. The number of esters is 1. The maximum atomic E-state index is 13.4. The SMILES string of the molecule is CC(=O)OC[C@@H]1O[C@H](Oc2c(-c3ccc(O)cc3)oc3cc(O)cc(O)c3c2=O)[C@@H](O)[C@H](O)[C@H]1O. The van der Waals surface area contributed by atoms with Gasteiger partial charge in [-0.2, -0.15) is 0 Å². The molecule has 0 aliphatic carbocycles. The van der Waals surface area contributed by atoms with Crippen LogP contribution in [0.4, 0.5) is 0 Å². The normalized spacial score (nSPS) is 24.3. The van der Waals surface area contributed by atoms with E-state index in [4.69, 9.17) is 18.6 Å². The van der Waals surface area contributed by atoms with Gasteiger partial charge in [-0.25, -0.2) is 0 Å². The molecule has 1 saturated heterocycles. The van der Waals surface area contributed by atoms with Crippen molar-refractivity contribution in [1.82, 2.24) is 0 Å². The van der Waals surface area contributed by atoms with Gasteiger partial charge in [0.2, 0.25) is 17.5 Å². The molecule has 6 N–H and O–H groups in total. The Hall–Kier alpha value is -3.84. The van der Waals surface area contributed by atoms with E-state index in [1.54, 1.807) is 0 Å². The quantitative estimate of drug-likeness (QED) is 0.268. The highest BCUT2D eigenvalue weighted by Gasteiger charge is 2.46. The third-order valence-electron chi connectivity index (χ3n) is 5.40. The van der Waals surface area contributed by atoms with Crippen LogP contribution in [0.3, 0.4) is 0 Å². The standard InChI is InChI=1S/C23H22O12/c1-9(24)32-8-15-17(28)19(30)20(31)23(34-15)35-22-18(29)16-13(27)6-12(26)7-14(16)33-21(22)10-2-4-11(25)5-3-10/h2-7,15,17,19-20,23,25-28,30-31H,8H2,1H3/t15-,17-,19+,20-,23+/m0/s1. The van der Waals surface area contributed by atoms with E-state index in [0.29, 0.717) is 0 Å². The van der Waals surface area contributed by atoms with Crippen LogP contribution in [0.2, 0.25) is 0 Å². The summed E-state index contributed by atoms with van der Waals surface area (Å²) in [4.78, 5) is 24.5. The molecule has 0 spiro atoms. The Morgan fingerprint density at radius 3 is 2.31 bits per heavy atom. The third kappa shape index (κ3) is 4.72. The van der Waals surface area contributed by atoms with Crippen molar-refractivity contribution in [3.63, 3.8) is 0 Å². The van der Waals surface area contributed by atoms with Gasteiger partial charge in [-0.05, 0) is 24.3 Å². The summed E-state index contributed by atoms with van der Waals surface area (Å²) in [6, 6.07) is 7.44. The number of phenols is 3. The summed E-state index contributed by atoms with van der Waals surface area (Å²) in [6.45, 7) is 0.653. The fourth-order valence-electron chi connectivity index (χ4n) is 3.65. The largest absolute Gasteiger partial charge is 0.508 e. The number of benzene rings is 2. The lowest BCUT2D eigenvalue weighted by atomic mass is 9.99. The summed E-state index contributed by atoms with van der Waals surface area (Å²) < 4.78 is 21.7. The first-order valence-corrected chi connectivity index (χ1v) is 10.4. The number of ether oxygens (including phenoxy) is 3. The molecule has 0 saturated carbocycles. The molecule has 35 heavy (non-hydrogen) atoms. The lowest BCUT2D eigenvalue weighted by Gasteiger charge is -2.39. The molecule has 2 heterocycles. The molecular weight excluding hydrogens is 468 g/mol. The number of carbonyl (C=O) groups excluding carboxylic acids is 1. The summed E-state index contributed by atoms with van der Waals surface area (Å²) in [5.74, 6) is -2.49. The molecule has 3 aromatic rings. The van der Waals surface area contributed by atoms with Crippen LogP contribution in [0.5, 0.6) is 23.0 Å². The van der Waals surface area contributed by atoms with Crippen LogP contribution >= 0.6 is 0 Å². The lowest BCUT2D eigenvalue weighted by Crippen LogP contribution is -2.60. The van der Waals surface area contributed by atoms with Crippen molar-refractivity contribution in [1.29, 1.82) is 0 Å². The monoisotopic (exact) mass is 490 g/mol. The molecule has 5 atom stereocenters. The summed E-state index contributed by atoms with van der Waals surface area (Å²) in [5, 5.41) is 60.2. The number of hydrogen-bond acceptors (Lipinski definition) is 12. The zero-order chi connectivity index (χ0) is 25.4. The molecule has 1 aromatic heterocycles. The van der Waals surface area contributed by atoms with Gasteiger partial charge < -0.3 is 49.3 Å². The molecule has 12 nitrogen and oxygen atoms in total. The Bertz CT molecular complexity index is 1300. The maximum absolute atomic E-state index is 13.4. The second kappa shape index (κ2) is 9.43. The van der Waals surface area contributed by atoms with E-state index in [1.807, 2.05) is 0 Å². The van der Waals surface area contributed by atoms with Gasteiger partial charge in [0.05, 0.1) is 0 Å². The Morgan fingerprint density at radius 1 is 0.971 bits per heavy atom. The number of phenolic OH excluding ortho intramolecular Hbond substituents is 3. The highest BCUT2D eigenvalue weighted by molar-refractivity contribution is 5.88. The Labute approximate surface area is 196 Å². The van der Waals surface area contributed by atoms with Gasteiger partial charge in [-0.1, -0.05) is 0 Å². The number of fused-ring (bicyclic) bond motifs is 1. The summed E-state index contributed by atoms with van der Waals surface area (Å²) >= 11 is 0. The van der Waals surface area contributed by atoms with E-state index in [2.05, 4.69) is 0 Å². The minimum Gasteiger partial charge on any atom is -0.508 e. The molecule has 1 aliphatic heterocycles. The smallest absolute Gasteiger partial charge is 0.302 e. The van der Waals surface area contributed by atoms with Gasteiger partial charge in [0.25, 0.3) is 0 Å². The lowest BCUT2D eigenvalue weighted by molar-refractivity contribution is -0.278. The molecule has 186 valence electrons. The predicted molar refractivity (Wildman–Crippen MR) is 117 cm³/mol. The molecule has 12 heteroatoms. The van der Waals surface area contributed by atoms with E-state index in [1.165, 1.54) is 24.3 Å². The van der Waals surface area contributed by atoms with Crippen LogP contribution in [-0.2, 0) is 14.3 Å². The molecule has 2 aromatic carbocycles. The van der Waals surface area contributed by atoms with Crippen molar-refractivity contribution in [3.8, 4) is 34.3 Å². The van der Waals surface area contributed by atoms with Crippen LogP contribution in [0.1, 0.15) is 6.92 Å². The first-order valence-electron chi connectivity index (χ1n) is 10.4. The number of aromatic hydroxyl groups is 3. The zero-order valence-corrected chi connectivity index (χ0v) is 18.2. The van der Waals surface area contributed by atoms with Crippen LogP contribution in [-0.4, -0.2) is 73.9 Å². The summed E-state index contributed by atoms with van der Waals surface area (Å²) in [7, 11) is 0. The van der Waals surface area contributed by atoms with E-state index in [9.17, 15) is 40.2 Å². The van der Waals surface area contributed by atoms with Crippen molar-refractivity contribution < 1.29 is 54.1 Å². The van der Waals surface area contributed by atoms with Crippen molar-refractivity contribution in [2.24, 2.45) is 0 Å². The van der Waals surface area contributed by atoms with Gasteiger partial charge in [0.15, 0.2) is 5.76 Å². The maximum Gasteiger partial charge on any atom is 0.302 e. The van der Waals surface area contributed by atoms with Crippen molar-refractivity contribution >= 4 is 16.9 Å². The Kier molecular flexibility index (Phi) is 6.54. The van der Waals surface area contributed by atoms with Gasteiger partial charge in [-0.15, -0.1) is 0 Å². The summed E-state index contributed by atoms with van der Waals surface area (Å²) in [6.07, 6.45) is -8.30. The van der Waals surface area contributed by atoms with Gasteiger partial charge in [0, 0.05) is 24.6 Å². The number of carbonyl (C=O) groups is 1. The van der Waals surface area contributed by atoms with Crippen LogP contribution in [0.25, 0.3) is 22.3 Å². The predicted octanol–water partition coefficient (Wildman–Crippen LogP) is 0.326. The fraction of sp³-hybridized carbons (Fsp3) is 0.304. The molecular formula is C23H22O12. The number of rotatable bonds is 5. The van der Waals surface area contributed by atoms with Crippen molar-refractivity contribution in [2.45, 2.75) is 37.6 Å². The van der Waals surface area contributed by atoms with E-state index in [0.717, 1.165) is 19.1 Å². The highest BCUT2D eigenvalue weighted by Crippen LogP contribution is 2.37. The number of hydrogen-bond donors (Lipinski definition) is 6.